The summed E-state index contributed by atoms with van der Waals surface area (Å²) in [6.45, 7) is 1.06. The molecule has 2 unspecified atom stereocenters. The van der Waals surface area contributed by atoms with E-state index in [2.05, 4.69) is 40.5 Å². The van der Waals surface area contributed by atoms with Gasteiger partial charge in [0.15, 0.2) is 0 Å². The monoisotopic (exact) mass is 370 g/mol. The molecule has 3 nitrogen and oxygen atoms in total. The highest BCUT2D eigenvalue weighted by atomic mass is 127. The quantitative estimate of drug-likeness (QED) is 0.503. The molecule has 2 saturated heterocycles. The molecule has 0 saturated carbocycles. The first-order chi connectivity index (χ1) is 9.22. The number of halogens is 1. The highest BCUT2D eigenvalue weighted by Crippen LogP contribution is 2.36. The summed E-state index contributed by atoms with van der Waals surface area (Å²) >= 11 is 1.84. The van der Waals surface area contributed by atoms with E-state index in [9.17, 15) is 4.79 Å². The Balaban J connectivity index is 1.65. The zero-order valence-electron chi connectivity index (χ0n) is 10.9. The number of hydrogen-bond acceptors (Lipinski definition) is 2. The zero-order valence-corrected chi connectivity index (χ0v) is 13.0. The fraction of sp³-hybridized carbons (Fsp3) is 0.533. The maximum Gasteiger partial charge on any atom is 0.280 e. The molecule has 2 fully saturated rings. The first-order valence-electron chi connectivity index (χ1n) is 6.98. The van der Waals surface area contributed by atoms with Crippen molar-refractivity contribution >= 4 is 26.5 Å². The molecule has 1 N–H and O–H groups in total. The fourth-order valence-electron chi connectivity index (χ4n) is 3.60. The van der Waals surface area contributed by atoms with Crippen LogP contribution in [-0.2, 0) is 6.54 Å². The van der Waals surface area contributed by atoms with Gasteiger partial charge >= 0.3 is 0 Å². The lowest BCUT2D eigenvalue weighted by Gasteiger charge is -2.39. The highest BCUT2D eigenvalue weighted by Gasteiger charge is 2.40. The molecule has 2 heterocycles. The van der Waals surface area contributed by atoms with Gasteiger partial charge in [0.05, 0.1) is 0 Å². The van der Waals surface area contributed by atoms with Crippen LogP contribution in [0.4, 0.5) is 4.79 Å². The summed E-state index contributed by atoms with van der Waals surface area (Å²) in [6, 6.07) is 12.4. The molecule has 19 heavy (non-hydrogen) atoms. The second-order valence-corrected chi connectivity index (χ2v) is 6.61. The van der Waals surface area contributed by atoms with Gasteiger partial charge in [0.1, 0.15) is 0 Å². The summed E-state index contributed by atoms with van der Waals surface area (Å²) in [5, 5.41) is 3.09. The van der Waals surface area contributed by atoms with Gasteiger partial charge in [-0.3, -0.25) is 9.69 Å². The van der Waals surface area contributed by atoms with Crippen LogP contribution >= 0.6 is 22.6 Å². The Morgan fingerprint density at radius 2 is 1.84 bits per heavy atom. The third-order valence-corrected chi connectivity index (χ3v) is 4.72. The van der Waals surface area contributed by atoms with Crippen LogP contribution in [0, 0.1) is 0 Å². The number of piperidine rings is 1. The van der Waals surface area contributed by atoms with Gasteiger partial charge in [-0.15, -0.1) is 0 Å². The van der Waals surface area contributed by atoms with Crippen LogP contribution in [0.2, 0.25) is 0 Å². The van der Waals surface area contributed by atoms with Crippen LogP contribution in [0.25, 0.3) is 0 Å². The van der Waals surface area contributed by atoms with Gasteiger partial charge in [-0.1, -0.05) is 30.3 Å². The summed E-state index contributed by atoms with van der Waals surface area (Å²) in [5.74, 6) is 0. The summed E-state index contributed by atoms with van der Waals surface area (Å²) < 4.78 is 0.0820. The first-order valence-corrected chi connectivity index (χ1v) is 8.06. The van der Waals surface area contributed by atoms with E-state index < -0.39 is 0 Å². The molecule has 0 spiro atoms. The van der Waals surface area contributed by atoms with E-state index in [4.69, 9.17) is 0 Å². The lowest BCUT2D eigenvalue weighted by molar-refractivity contribution is 0.113. The SMILES string of the molecule is O=C(I)NC1CC2CCC(C1)N2Cc1ccccc1. The molecule has 1 amide bonds. The minimum absolute atomic E-state index is 0.0820. The molecule has 0 aliphatic carbocycles. The van der Waals surface area contributed by atoms with E-state index in [0.29, 0.717) is 18.1 Å². The third-order valence-electron chi connectivity index (χ3n) is 4.41. The minimum atomic E-state index is 0.0820. The number of hydrogen-bond donors (Lipinski definition) is 1. The molecule has 0 radical (unpaired) electrons. The van der Waals surface area contributed by atoms with Gasteiger partial charge < -0.3 is 5.32 Å². The number of benzene rings is 1. The largest absolute Gasteiger partial charge is 0.345 e. The van der Waals surface area contributed by atoms with E-state index in [1.165, 1.54) is 18.4 Å². The second-order valence-electron chi connectivity index (χ2n) is 5.63. The average molecular weight is 370 g/mol. The Morgan fingerprint density at radius 3 is 2.42 bits per heavy atom. The predicted molar refractivity (Wildman–Crippen MR) is 84.4 cm³/mol. The van der Waals surface area contributed by atoms with Crippen molar-refractivity contribution in [3.8, 4) is 0 Å². The topological polar surface area (TPSA) is 32.3 Å². The number of nitrogens with zero attached hydrogens (tertiary/aromatic N) is 1. The number of fused-ring (bicyclic) bond motifs is 2. The van der Waals surface area contributed by atoms with Crippen LogP contribution < -0.4 is 5.32 Å². The average Bonchev–Trinajstić information content (AvgIpc) is 2.62. The van der Waals surface area contributed by atoms with E-state index in [1.54, 1.807) is 0 Å². The summed E-state index contributed by atoms with van der Waals surface area (Å²) in [5.41, 5.74) is 1.40. The molecule has 1 aromatic carbocycles. The van der Waals surface area contributed by atoms with Gasteiger partial charge in [0.25, 0.3) is 3.91 Å². The maximum atomic E-state index is 11.2. The van der Waals surface area contributed by atoms with Crippen molar-refractivity contribution in [1.82, 2.24) is 10.2 Å². The summed E-state index contributed by atoms with van der Waals surface area (Å²) in [6.07, 6.45) is 4.78. The van der Waals surface area contributed by atoms with Crippen molar-refractivity contribution in [3.63, 3.8) is 0 Å². The Hall–Kier alpha value is -0.620. The number of nitrogens with one attached hydrogen (secondary N) is 1. The Morgan fingerprint density at radius 1 is 1.21 bits per heavy atom. The first kappa shape index (κ1) is 13.4. The highest BCUT2D eigenvalue weighted by molar-refractivity contribution is 14.1. The fourth-order valence-corrected chi connectivity index (χ4v) is 4.05. The molecule has 2 bridgehead atoms. The molecule has 2 aliphatic heterocycles. The Kier molecular flexibility index (Phi) is 4.07. The zero-order chi connectivity index (χ0) is 13.2. The second kappa shape index (κ2) is 5.79. The number of rotatable bonds is 3. The summed E-state index contributed by atoms with van der Waals surface area (Å²) in [4.78, 5) is 13.8. The number of carbonyl (C=O) groups excluding carboxylic acids is 1. The normalized spacial score (nSPS) is 30.3. The van der Waals surface area contributed by atoms with Crippen LogP contribution in [0.1, 0.15) is 31.2 Å². The smallest absolute Gasteiger partial charge is 0.280 e. The van der Waals surface area contributed by atoms with Gasteiger partial charge in [0, 0.05) is 47.3 Å². The number of amides is 1. The van der Waals surface area contributed by atoms with Crippen molar-refractivity contribution in [1.29, 1.82) is 0 Å². The van der Waals surface area contributed by atoms with Gasteiger partial charge in [-0.25, -0.2) is 0 Å². The van der Waals surface area contributed by atoms with Crippen LogP contribution in [0.15, 0.2) is 30.3 Å². The maximum absolute atomic E-state index is 11.2. The van der Waals surface area contributed by atoms with Gasteiger partial charge in [0.2, 0.25) is 0 Å². The molecule has 2 atom stereocenters. The molecule has 2 aliphatic rings. The minimum Gasteiger partial charge on any atom is -0.345 e. The lowest BCUT2D eigenvalue weighted by atomic mass is 9.97. The molecule has 3 rings (SSSR count). The molecular formula is C15H19IN2O. The lowest BCUT2D eigenvalue weighted by Crippen LogP contribution is -2.49. The van der Waals surface area contributed by atoms with Crippen molar-refractivity contribution in [2.45, 2.75) is 50.4 Å². The van der Waals surface area contributed by atoms with Crippen molar-refractivity contribution in [3.05, 3.63) is 35.9 Å². The third kappa shape index (κ3) is 3.11. The van der Waals surface area contributed by atoms with Crippen molar-refractivity contribution in [2.75, 3.05) is 0 Å². The Bertz CT molecular complexity index is 437. The molecule has 102 valence electrons. The van der Waals surface area contributed by atoms with Gasteiger partial charge in [-0.2, -0.15) is 0 Å². The molecule has 0 aromatic heterocycles. The van der Waals surface area contributed by atoms with Crippen LogP contribution in [0.3, 0.4) is 0 Å². The van der Waals surface area contributed by atoms with E-state index in [1.807, 2.05) is 22.6 Å². The van der Waals surface area contributed by atoms with Crippen molar-refractivity contribution in [2.24, 2.45) is 0 Å². The Labute approximate surface area is 127 Å². The van der Waals surface area contributed by atoms with Gasteiger partial charge in [-0.05, 0) is 31.2 Å². The van der Waals surface area contributed by atoms with E-state index in [0.717, 1.165) is 19.4 Å². The predicted octanol–water partition coefficient (Wildman–Crippen LogP) is 3.33. The summed E-state index contributed by atoms with van der Waals surface area (Å²) in [7, 11) is 0. The van der Waals surface area contributed by atoms with Crippen molar-refractivity contribution < 1.29 is 4.79 Å². The molecule has 1 aromatic rings. The standard InChI is InChI=1S/C15H19IN2O/c16-15(19)17-12-8-13-6-7-14(9-12)18(13)10-11-4-2-1-3-5-11/h1-5,12-14H,6-10H2,(H,17,19). The van der Waals surface area contributed by atoms with Crippen LogP contribution in [-0.4, -0.2) is 26.9 Å². The molecular weight excluding hydrogens is 351 g/mol. The molecule has 4 heteroatoms. The van der Waals surface area contributed by atoms with E-state index in [-0.39, 0.29) is 3.91 Å². The van der Waals surface area contributed by atoms with E-state index >= 15 is 0 Å². The number of carbonyl (C=O) groups is 1. The van der Waals surface area contributed by atoms with Crippen LogP contribution in [0.5, 0.6) is 0 Å².